The molecule has 1 aromatic carbocycles. The van der Waals surface area contributed by atoms with Crippen LogP contribution in [0.15, 0.2) is 39.1 Å². The predicted molar refractivity (Wildman–Crippen MR) is 125 cm³/mol. The van der Waals surface area contributed by atoms with E-state index in [0.29, 0.717) is 4.68 Å². The van der Waals surface area contributed by atoms with Crippen LogP contribution in [0.2, 0.25) is 0 Å². The maximum atomic E-state index is 13.8. The first kappa shape index (κ1) is 26.5. The monoisotopic (exact) mass is 476 g/mol. The molecule has 0 saturated heterocycles. The maximum absolute atomic E-state index is 13.8. The number of halogens is 1. The Bertz CT molecular complexity index is 1230. The van der Waals surface area contributed by atoms with Crippen molar-refractivity contribution in [2.45, 2.75) is 47.3 Å². The van der Waals surface area contributed by atoms with Crippen molar-refractivity contribution in [3.05, 3.63) is 62.2 Å². The molecule has 11 heteroatoms. The SMILES string of the molecule is COc1ccc(F)cc1C(=O)Cn1cc(/C(C)=N/OC(C)C)c(=O)n(N(C)C(=O)C(C)C)c1=O. The van der Waals surface area contributed by atoms with Crippen LogP contribution in [-0.2, 0) is 16.2 Å². The summed E-state index contributed by atoms with van der Waals surface area (Å²) in [4.78, 5) is 57.1. The van der Waals surface area contributed by atoms with Crippen molar-refractivity contribution in [1.29, 1.82) is 0 Å². The number of ketones is 1. The van der Waals surface area contributed by atoms with Gasteiger partial charge in [0.2, 0.25) is 5.91 Å². The van der Waals surface area contributed by atoms with E-state index in [0.717, 1.165) is 21.7 Å². The van der Waals surface area contributed by atoms with Crippen LogP contribution in [-0.4, -0.2) is 46.9 Å². The van der Waals surface area contributed by atoms with Crippen molar-refractivity contribution in [2.75, 3.05) is 19.2 Å². The summed E-state index contributed by atoms with van der Waals surface area (Å²) in [5, 5.41) is 4.81. The normalized spacial score (nSPS) is 11.6. The molecule has 10 nitrogen and oxygen atoms in total. The number of ether oxygens (including phenoxy) is 1. The summed E-state index contributed by atoms with van der Waals surface area (Å²) in [6.45, 7) is 7.69. The van der Waals surface area contributed by atoms with Crippen molar-refractivity contribution in [3.63, 3.8) is 0 Å². The molecule has 0 N–H and O–H groups in total. The Labute approximate surface area is 196 Å². The molecule has 0 saturated carbocycles. The van der Waals surface area contributed by atoms with Crippen LogP contribution in [0, 0.1) is 11.7 Å². The van der Waals surface area contributed by atoms with Gasteiger partial charge in [-0.3, -0.25) is 19.0 Å². The van der Waals surface area contributed by atoms with Gasteiger partial charge in [-0.1, -0.05) is 19.0 Å². The number of carbonyl (C=O) groups excluding carboxylic acids is 2. The standard InChI is InChI=1S/C23H29FN4O6/c1-13(2)21(30)26(6)28-22(31)18(15(5)25-34-14(3)4)11-27(23(28)32)12-19(29)17-10-16(24)8-9-20(17)33-7/h8-11,13-14H,12H2,1-7H3/b25-15+. The van der Waals surface area contributed by atoms with Crippen LogP contribution >= 0.6 is 0 Å². The first-order valence-electron chi connectivity index (χ1n) is 10.6. The second-order valence-corrected chi connectivity index (χ2v) is 8.19. The predicted octanol–water partition coefficient (Wildman–Crippen LogP) is 1.94. The molecule has 0 aliphatic carbocycles. The molecule has 2 aromatic rings. The second-order valence-electron chi connectivity index (χ2n) is 8.19. The summed E-state index contributed by atoms with van der Waals surface area (Å²) in [6.07, 6.45) is 0.899. The zero-order valence-electron chi connectivity index (χ0n) is 20.3. The fourth-order valence-electron chi connectivity index (χ4n) is 3.06. The van der Waals surface area contributed by atoms with Crippen LogP contribution in [0.5, 0.6) is 5.75 Å². The molecule has 0 aliphatic rings. The average molecular weight is 477 g/mol. The van der Waals surface area contributed by atoms with Gasteiger partial charge in [-0.05, 0) is 39.0 Å². The van der Waals surface area contributed by atoms with E-state index < -0.39 is 41.2 Å². The van der Waals surface area contributed by atoms with Crippen molar-refractivity contribution in [3.8, 4) is 5.75 Å². The van der Waals surface area contributed by atoms with E-state index in [2.05, 4.69) is 5.16 Å². The Kier molecular flexibility index (Phi) is 8.50. The van der Waals surface area contributed by atoms with Crippen molar-refractivity contribution >= 4 is 17.4 Å². The Balaban J connectivity index is 2.70. The average Bonchev–Trinajstić information content (AvgIpc) is 2.78. The van der Waals surface area contributed by atoms with Crippen molar-refractivity contribution in [2.24, 2.45) is 11.1 Å². The number of hydrogen-bond acceptors (Lipinski definition) is 7. The number of methoxy groups -OCH3 is 1. The van der Waals surface area contributed by atoms with Gasteiger partial charge in [-0.25, -0.2) is 14.2 Å². The molecular weight excluding hydrogens is 447 g/mol. The van der Waals surface area contributed by atoms with E-state index >= 15 is 0 Å². The van der Waals surface area contributed by atoms with Gasteiger partial charge >= 0.3 is 5.69 Å². The lowest BCUT2D eigenvalue weighted by molar-refractivity contribution is -0.122. The zero-order valence-corrected chi connectivity index (χ0v) is 20.3. The van der Waals surface area contributed by atoms with Gasteiger partial charge in [0.25, 0.3) is 5.56 Å². The molecular formula is C23H29FN4O6. The number of benzene rings is 1. The highest BCUT2D eigenvalue weighted by molar-refractivity contribution is 5.99. The Morgan fingerprint density at radius 2 is 1.79 bits per heavy atom. The topological polar surface area (TPSA) is 112 Å². The van der Waals surface area contributed by atoms with Crippen LogP contribution in [0.1, 0.15) is 50.5 Å². The number of amides is 1. The molecule has 1 amide bonds. The van der Waals surface area contributed by atoms with E-state index in [1.165, 1.54) is 33.3 Å². The lowest BCUT2D eigenvalue weighted by atomic mass is 10.1. The lowest BCUT2D eigenvalue weighted by Gasteiger charge is -2.22. The summed E-state index contributed by atoms with van der Waals surface area (Å²) in [6, 6.07) is 3.44. The Morgan fingerprint density at radius 1 is 1.15 bits per heavy atom. The number of carbonyl (C=O) groups is 2. The van der Waals surface area contributed by atoms with E-state index in [1.54, 1.807) is 27.7 Å². The molecule has 0 fully saturated rings. The van der Waals surface area contributed by atoms with E-state index in [4.69, 9.17) is 9.57 Å². The number of oxime groups is 1. The molecule has 1 heterocycles. The highest BCUT2D eigenvalue weighted by Crippen LogP contribution is 2.20. The van der Waals surface area contributed by atoms with Crippen LogP contribution in [0.4, 0.5) is 4.39 Å². The van der Waals surface area contributed by atoms with E-state index in [1.807, 2.05) is 0 Å². The highest BCUT2D eigenvalue weighted by Gasteiger charge is 2.24. The number of nitrogens with zero attached hydrogens (tertiary/aromatic N) is 4. The van der Waals surface area contributed by atoms with E-state index in [9.17, 15) is 23.6 Å². The molecule has 2 rings (SSSR count). The molecule has 0 spiro atoms. The van der Waals surface area contributed by atoms with Gasteiger partial charge in [0.05, 0.1) is 30.5 Å². The first-order chi connectivity index (χ1) is 15.9. The van der Waals surface area contributed by atoms with Gasteiger partial charge in [0, 0.05) is 19.2 Å². The first-order valence-corrected chi connectivity index (χ1v) is 10.6. The highest BCUT2D eigenvalue weighted by atomic mass is 19.1. The molecule has 0 radical (unpaired) electrons. The summed E-state index contributed by atoms with van der Waals surface area (Å²) in [5.41, 5.74) is -1.72. The third-order valence-electron chi connectivity index (χ3n) is 4.81. The van der Waals surface area contributed by atoms with Gasteiger partial charge in [0.1, 0.15) is 17.7 Å². The van der Waals surface area contributed by atoms with Gasteiger partial charge < -0.3 is 9.57 Å². The van der Waals surface area contributed by atoms with Crippen LogP contribution in [0.3, 0.4) is 0 Å². The van der Waals surface area contributed by atoms with Gasteiger partial charge in [-0.2, -0.15) is 4.68 Å². The Hall–Kier alpha value is -3.76. The molecule has 1 aromatic heterocycles. The minimum absolute atomic E-state index is 0.0531. The largest absolute Gasteiger partial charge is 0.496 e. The summed E-state index contributed by atoms with van der Waals surface area (Å²) < 4.78 is 20.5. The van der Waals surface area contributed by atoms with Crippen LogP contribution < -0.4 is 21.0 Å². The van der Waals surface area contributed by atoms with Crippen LogP contribution in [0.25, 0.3) is 0 Å². The zero-order chi connectivity index (χ0) is 25.7. The third kappa shape index (κ3) is 5.77. The molecule has 184 valence electrons. The van der Waals surface area contributed by atoms with E-state index in [-0.39, 0.29) is 28.7 Å². The fourth-order valence-corrected chi connectivity index (χ4v) is 3.06. The molecule has 0 bridgehead atoms. The van der Waals surface area contributed by atoms with Crippen molar-refractivity contribution in [1.82, 2.24) is 9.24 Å². The summed E-state index contributed by atoms with van der Waals surface area (Å²) in [5.74, 6) is -2.17. The molecule has 0 atom stereocenters. The maximum Gasteiger partial charge on any atom is 0.350 e. The molecule has 34 heavy (non-hydrogen) atoms. The minimum atomic E-state index is -0.924. The summed E-state index contributed by atoms with van der Waals surface area (Å²) >= 11 is 0. The smallest absolute Gasteiger partial charge is 0.350 e. The number of rotatable bonds is 9. The number of hydrogen-bond donors (Lipinski definition) is 0. The third-order valence-corrected chi connectivity index (χ3v) is 4.81. The minimum Gasteiger partial charge on any atom is -0.496 e. The second kappa shape index (κ2) is 10.9. The fraction of sp³-hybridized carbons (Fsp3) is 0.435. The molecule has 0 aliphatic heterocycles. The number of Topliss-reactive ketones (excluding diaryl/α,β-unsaturated/α-hetero) is 1. The van der Waals surface area contributed by atoms with Crippen molar-refractivity contribution < 1.29 is 23.6 Å². The lowest BCUT2D eigenvalue weighted by Crippen LogP contribution is -2.55. The molecule has 0 unspecified atom stereocenters. The van der Waals surface area contributed by atoms with Gasteiger partial charge in [-0.15, -0.1) is 0 Å². The Morgan fingerprint density at radius 3 is 2.35 bits per heavy atom. The number of aromatic nitrogens is 2. The summed E-state index contributed by atoms with van der Waals surface area (Å²) in [7, 11) is 2.61. The quantitative estimate of drug-likeness (QED) is 0.311. The van der Waals surface area contributed by atoms with Gasteiger partial charge in [0.15, 0.2) is 5.78 Å².